The summed E-state index contributed by atoms with van der Waals surface area (Å²) in [5.74, 6) is 0. The fourth-order valence-corrected chi connectivity index (χ4v) is 1.92. The van der Waals surface area contributed by atoms with E-state index in [1.54, 1.807) is 0 Å². The Kier molecular flexibility index (Phi) is 7.13. The topological polar surface area (TPSA) is 66.7 Å². The second-order valence-electron chi connectivity index (χ2n) is 4.37. The molecule has 4 N–H and O–H groups in total. The van der Waals surface area contributed by atoms with Crippen LogP contribution >= 0.6 is 0 Å². The van der Waals surface area contributed by atoms with E-state index in [1.165, 1.54) is 12.5 Å². The van der Waals surface area contributed by atoms with E-state index in [2.05, 4.69) is 21.6 Å². The van der Waals surface area contributed by atoms with E-state index in [4.69, 9.17) is 5.73 Å². The SMILES string of the molecule is CC.Nc1ccc(-c2cn[nH]c2)cc1N[C-]1CCC1.[Na+]. The van der Waals surface area contributed by atoms with E-state index in [9.17, 15) is 0 Å². The molecule has 4 nitrogen and oxygen atoms in total. The Labute approximate surface area is 142 Å². The molecule has 0 bridgehead atoms. The summed E-state index contributed by atoms with van der Waals surface area (Å²) in [4.78, 5) is 0. The van der Waals surface area contributed by atoms with Crippen molar-refractivity contribution >= 4 is 11.4 Å². The molecule has 1 saturated carbocycles. The quantitative estimate of drug-likeness (QED) is 0.443. The van der Waals surface area contributed by atoms with Crippen molar-refractivity contribution < 1.29 is 29.6 Å². The van der Waals surface area contributed by atoms with E-state index in [1.807, 2.05) is 38.4 Å². The van der Waals surface area contributed by atoms with Gasteiger partial charge in [0.15, 0.2) is 0 Å². The van der Waals surface area contributed by atoms with Crippen molar-refractivity contribution in [2.45, 2.75) is 33.1 Å². The van der Waals surface area contributed by atoms with Crippen molar-refractivity contribution in [2.24, 2.45) is 0 Å². The third-order valence-corrected chi connectivity index (χ3v) is 3.15. The van der Waals surface area contributed by atoms with Crippen LogP contribution in [-0.2, 0) is 0 Å². The molecule has 3 rings (SSSR count). The van der Waals surface area contributed by atoms with E-state index in [0.29, 0.717) is 0 Å². The van der Waals surface area contributed by atoms with Gasteiger partial charge < -0.3 is 11.1 Å². The van der Waals surface area contributed by atoms with Crippen LogP contribution in [0.25, 0.3) is 11.1 Å². The van der Waals surface area contributed by atoms with Crippen molar-refractivity contribution in [3.63, 3.8) is 0 Å². The minimum absolute atomic E-state index is 0. The average Bonchev–Trinajstić information content (AvgIpc) is 2.92. The first-order valence-electron chi connectivity index (χ1n) is 6.83. The van der Waals surface area contributed by atoms with Gasteiger partial charge in [-0.15, -0.1) is 6.42 Å². The molecule has 2 aromatic rings. The van der Waals surface area contributed by atoms with Crippen molar-refractivity contribution in [3.8, 4) is 11.1 Å². The molecule has 0 unspecified atom stereocenters. The number of nitrogen functional groups attached to an aromatic ring is 1. The van der Waals surface area contributed by atoms with Crippen LogP contribution in [0.15, 0.2) is 30.6 Å². The molecule has 1 aliphatic rings. The van der Waals surface area contributed by atoms with Crippen molar-refractivity contribution in [1.82, 2.24) is 10.2 Å². The normalized spacial score (nSPS) is 13.5. The molecule has 1 heterocycles. The minimum atomic E-state index is 0. The fraction of sp³-hybridized carbons (Fsp3) is 0.333. The Morgan fingerprint density at radius 2 is 2.00 bits per heavy atom. The molecule has 5 heteroatoms. The number of H-pyrrole nitrogens is 1. The van der Waals surface area contributed by atoms with Gasteiger partial charge in [0, 0.05) is 17.4 Å². The molecule has 0 saturated heterocycles. The number of aromatic amines is 1. The monoisotopic (exact) mass is 280 g/mol. The first-order valence-corrected chi connectivity index (χ1v) is 6.83. The standard InChI is InChI=1S/C13H15N4.C2H6.Na/c14-12-5-4-9(10-7-15-16-8-10)6-13(12)17-11-2-1-3-11;1-2;/h4-8,17H,1-3,14H2,(H,15,16);1-2H3;/q-1;;+1. The van der Waals surface area contributed by atoms with Crippen LogP contribution in [-0.4, -0.2) is 10.2 Å². The molecule has 1 fully saturated rings. The number of nitrogens with one attached hydrogen (secondary N) is 2. The van der Waals surface area contributed by atoms with Gasteiger partial charge in [-0.1, -0.05) is 19.9 Å². The van der Waals surface area contributed by atoms with E-state index < -0.39 is 0 Å². The summed E-state index contributed by atoms with van der Waals surface area (Å²) >= 11 is 0. The molecular formula is C15H21N4Na. The van der Waals surface area contributed by atoms with Crippen LogP contribution in [0.4, 0.5) is 11.4 Å². The minimum Gasteiger partial charge on any atom is -0.531 e. The van der Waals surface area contributed by atoms with Crippen molar-refractivity contribution in [2.75, 3.05) is 11.1 Å². The molecule has 1 aliphatic carbocycles. The zero-order valence-electron chi connectivity index (χ0n) is 12.5. The Bertz CT molecular complexity index is 507. The third-order valence-electron chi connectivity index (χ3n) is 3.15. The molecule has 0 spiro atoms. The predicted molar refractivity (Wildman–Crippen MR) is 80.5 cm³/mol. The smallest absolute Gasteiger partial charge is 0.531 e. The Morgan fingerprint density at radius 1 is 1.25 bits per heavy atom. The van der Waals surface area contributed by atoms with Gasteiger partial charge in [-0.05, 0) is 17.7 Å². The molecule has 0 radical (unpaired) electrons. The molecule has 0 aliphatic heterocycles. The summed E-state index contributed by atoms with van der Waals surface area (Å²) in [6.45, 7) is 4.00. The van der Waals surface area contributed by atoms with Gasteiger partial charge in [0.2, 0.25) is 0 Å². The van der Waals surface area contributed by atoms with Crippen molar-refractivity contribution in [3.05, 3.63) is 36.6 Å². The summed E-state index contributed by atoms with van der Waals surface area (Å²) in [6, 6.07) is 7.40. The van der Waals surface area contributed by atoms with Crippen LogP contribution in [0.5, 0.6) is 0 Å². The summed E-state index contributed by atoms with van der Waals surface area (Å²) in [5.41, 5.74) is 9.95. The largest absolute Gasteiger partial charge is 1.00 e. The Hall–Kier alpha value is -0.970. The number of anilines is 2. The van der Waals surface area contributed by atoms with Crippen LogP contribution in [0.2, 0.25) is 0 Å². The van der Waals surface area contributed by atoms with Crippen LogP contribution in [0, 0.1) is 6.04 Å². The molecule has 0 amide bonds. The van der Waals surface area contributed by atoms with Crippen LogP contribution in [0.3, 0.4) is 0 Å². The molecule has 1 aromatic carbocycles. The van der Waals surface area contributed by atoms with Gasteiger partial charge in [0.25, 0.3) is 0 Å². The number of nitrogens with zero attached hydrogens (tertiary/aromatic N) is 1. The molecule has 0 atom stereocenters. The van der Waals surface area contributed by atoms with E-state index in [0.717, 1.165) is 35.3 Å². The maximum absolute atomic E-state index is 5.97. The predicted octanol–water partition coefficient (Wildman–Crippen LogP) is 0.817. The maximum atomic E-state index is 5.97. The van der Waals surface area contributed by atoms with Crippen molar-refractivity contribution in [1.29, 1.82) is 0 Å². The first-order chi connectivity index (χ1) is 9.33. The second kappa shape index (κ2) is 8.35. The number of aromatic nitrogens is 2. The van der Waals surface area contributed by atoms with Gasteiger partial charge in [-0.2, -0.15) is 17.9 Å². The van der Waals surface area contributed by atoms with E-state index in [-0.39, 0.29) is 29.6 Å². The fourth-order valence-electron chi connectivity index (χ4n) is 1.92. The summed E-state index contributed by atoms with van der Waals surface area (Å²) < 4.78 is 0. The van der Waals surface area contributed by atoms with Gasteiger partial charge in [-0.3, -0.25) is 5.10 Å². The number of hydrogen-bond acceptors (Lipinski definition) is 3. The summed E-state index contributed by atoms with van der Waals surface area (Å²) in [5, 5.41) is 10.2. The Balaban J connectivity index is 0.000000639. The maximum Gasteiger partial charge on any atom is 1.00 e. The number of benzene rings is 1. The molecule has 102 valence electrons. The number of rotatable bonds is 3. The third kappa shape index (κ3) is 4.01. The zero-order chi connectivity index (χ0) is 13.7. The molecule has 1 aromatic heterocycles. The molecular weight excluding hydrogens is 259 g/mol. The Morgan fingerprint density at radius 3 is 2.55 bits per heavy atom. The van der Waals surface area contributed by atoms with Crippen LogP contribution < -0.4 is 40.6 Å². The number of nitrogens with two attached hydrogens (primary N) is 1. The van der Waals surface area contributed by atoms with Gasteiger partial charge in [0.05, 0.1) is 11.9 Å². The van der Waals surface area contributed by atoms with Gasteiger partial charge >= 0.3 is 29.6 Å². The summed E-state index contributed by atoms with van der Waals surface area (Å²) in [7, 11) is 0. The van der Waals surface area contributed by atoms with Crippen LogP contribution in [0.1, 0.15) is 33.1 Å². The second-order valence-corrected chi connectivity index (χ2v) is 4.37. The average molecular weight is 280 g/mol. The van der Waals surface area contributed by atoms with Gasteiger partial charge in [0.1, 0.15) is 0 Å². The summed E-state index contributed by atoms with van der Waals surface area (Å²) in [6.07, 6.45) is 7.30. The van der Waals surface area contributed by atoms with E-state index >= 15 is 0 Å². The van der Waals surface area contributed by atoms with Gasteiger partial charge in [-0.25, -0.2) is 6.04 Å². The first kappa shape index (κ1) is 17.1. The zero-order valence-corrected chi connectivity index (χ0v) is 14.5. The molecule has 20 heavy (non-hydrogen) atoms. The number of hydrogen-bond donors (Lipinski definition) is 3.